The number of alkyl halides is 1. The first-order valence-electron chi connectivity index (χ1n) is 6.30. The van der Waals surface area contributed by atoms with Crippen LogP contribution < -0.4 is 11.5 Å². The number of primary amides is 2. The van der Waals surface area contributed by atoms with Crippen molar-refractivity contribution in [2.45, 2.75) is 57.8 Å². The molecule has 108 valence electrons. The van der Waals surface area contributed by atoms with E-state index in [1.165, 1.54) is 38.5 Å². The number of amides is 2. The Morgan fingerprint density at radius 3 is 1.44 bits per heavy atom. The Morgan fingerprint density at radius 1 is 0.778 bits per heavy atom. The number of hydrogen-bond acceptors (Lipinski definition) is 2. The summed E-state index contributed by atoms with van der Waals surface area (Å²) in [6.45, 7) is 0. The van der Waals surface area contributed by atoms with E-state index in [-0.39, 0.29) is 5.91 Å². The molecule has 0 saturated carbocycles. The predicted octanol–water partition coefficient (Wildman–Crippen LogP) is 3.84. The molecule has 4 nitrogen and oxygen atoms in total. The molecule has 4 N–H and O–H groups in total. The Hall–Kier alpha value is -0.100. The largest absolute Gasteiger partial charge is 0.370 e. The first-order chi connectivity index (χ1) is 8.50. The van der Waals surface area contributed by atoms with Gasteiger partial charge < -0.3 is 11.5 Å². The van der Waals surface area contributed by atoms with Gasteiger partial charge in [0.25, 0.3) is 4.82 Å². The Kier molecular flexibility index (Phi) is 19.0. The third-order valence-corrected chi connectivity index (χ3v) is 2.87. The zero-order valence-corrected chi connectivity index (χ0v) is 14.0. The van der Waals surface area contributed by atoms with Gasteiger partial charge in [-0.1, -0.05) is 54.5 Å². The van der Waals surface area contributed by atoms with E-state index in [1.807, 2.05) is 0 Å². The smallest absolute Gasteiger partial charge is 0.284 e. The van der Waals surface area contributed by atoms with E-state index >= 15 is 0 Å². The minimum atomic E-state index is -0.521. The third kappa shape index (κ3) is 29.7. The number of unbranched alkanes of at least 4 members (excludes halogenated alkanes) is 7. The number of halogens is 2. The molecular formula is C12H24Br2N2O2. The highest BCUT2D eigenvalue weighted by Gasteiger charge is 1.94. The normalized spacial score (nSPS) is 9.44. The first kappa shape index (κ1) is 20.2. The third-order valence-electron chi connectivity index (χ3n) is 2.31. The molecule has 18 heavy (non-hydrogen) atoms. The zero-order valence-electron chi connectivity index (χ0n) is 10.8. The average molecular weight is 388 g/mol. The maximum Gasteiger partial charge on any atom is 0.284 e. The second-order valence-electron chi connectivity index (χ2n) is 4.04. The molecule has 0 spiro atoms. The molecule has 0 radical (unpaired) electrons. The van der Waals surface area contributed by atoms with Crippen molar-refractivity contribution in [3.8, 4) is 0 Å². The highest BCUT2D eigenvalue weighted by Crippen LogP contribution is 2.09. The molecular weight excluding hydrogens is 364 g/mol. The van der Waals surface area contributed by atoms with Gasteiger partial charge >= 0.3 is 0 Å². The van der Waals surface area contributed by atoms with Gasteiger partial charge in [-0.2, -0.15) is 0 Å². The van der Waals surface area contributed by atoms with Crippen molar-refractivity contribution < 1.29 is 9.59 Å². The summed E-state index contributed by atoms with van der Waals surface area (Å²) in [6, 6.07) is 0. The summed E-state index contributed by atoms with van der Waals surface area (Å²) in [5.74, 6) is -0.165. The van der Waals surface area contributed by atoms with E-state index in [1.54, 1.807) is 0 Å². The molecule has 0 atom stereocenters. The van der Waals surface area contributed by atoms with Crippen molar-refractivity contribution in [1.82, 2.24) is 0 Å². The average Bonchev–Trinajstić information content (AvgIpc) is 2.26. The summed E-state index contributed by atoms with van der Waals surface area (Å²) in [5, 5.41) is 1.13. The maximum absolute atomic E-state index is 10.4. The fraction of sp³-hybridized carbons (Fsp3) is 0.833. The van der Waals surface area contributed by atoms with Crippen molar-refractivity contribution in [3.63, 3.8) is 0 Å². The lowest BCUT2D eigenvalue weighted by Gasteiger charge is -2.00. The minimum Gasteiger partial charge on any atom is -0.370 e. The first-order valence-corrected chi connectivity index (χ1v) is 8.21. The predicted molar refractivity (Wildman–Crippen MR) is 83.1 cm³/mol. The van der Waals surface area contributed by atoms with Gasteiger partial charge in [-0.15, -0.1) is 0 Å². The van der Waals surface area contributed by atoms with Crippen molar-refractivity contribution in [2.24, 2.45) is 11.5 Å². The lowest BCUT2D eigenvalue weighted by Crippen LogP contribution is -2.09. The van der Waals surface area contributed by atoms with Crippen LogP contribution in [0.3, 0.4) is 0 Å². The number of nitrogens with two attached hydrogens (primary N) is 2. The van der Waals surface area contributed by atoms with E-state index < -0.39 is 4.82 Å². The lowest BCUT2D eigenvalue weighted by atomic mass is 10.1. The van der Waals surface area contributed by atoms with Crippen molar-refractivity contribution in [2.75, 3.05) is 5.33 Å². The fourth-order valence-corrected chi connectivity index (χ4v) is 1.85. The van der Waals surface area contributed by atoms with Crippen LogP contribution in [-0.2, 0) is 4.79 Å². The van der Waals surface area contributed by atoms with Gasteiger partial charge in [-0.3, -0.25) is 9.59 Å². The summed E-state index contributed by atoms with van der Waals surface area (Å²) < 4.78 is 0. The summed E-state index contributed by atoms with van der Waals surface area (Å²) >= 11 is 5.83. The van der Waals surface area contributed by atoms with Gasteiger partial charge in [-0.25, -0.2) is 0 Å². The monoisotopic (exact) mass is 386 g/mol. The van der Waals surface area contributed by atoms with E-state index in [2.05, 4.69) is 37.6 Å². The van der Waals surface area contributed by atoms with Crippen LogP contribution in [-0.4, -0.2) is 16.1 Å². The van der Waals surface area contributed by atoms with Crippen molar-refractivity contribution in [1.29, 1.82) is 0 Å². The van der Waals surface area contributed by atoms with Gasteiger partial charge in [0, 0.05) is 27.7 Å². The molecule has 0 aromatic carbocycles. The van der Waals surface area contributed by atoms with Crippen LogP contribution in [0.5, 0.6) is 0 Å². The van der Waals surface area contributed by atoms with E-state index in [0.29, 0.717) is 6.42 Å². The summed E-state index contributed by atoms with van der Waals surface area (Å²) in [6.07, 6.45) is 10.6. The van der Waals surface area contributed by atoms with Crippen LogP contribution in [0.2, 0.25) is 0 Å². The SMILES string of the molecule is NC(=O)Br.NC(=O)CCCCCCCCCCBr. The van der Waals surface area contributed by atoms with Crippen molar-refractivity contribution >= 4 is 42.6 Å². The molecule has 0 aliphatic heterocycles. The molecule has 0 aliphatic rings. The van der Waals surface area contributed by atoms with Crippen LogP contribution in [0.4, 0.5) is 4.79 Å². The number of rotatable bonds is 10. The van der Waals surface area contributed by atoms with E-state index in [9.17, 15) is 4.79 Å². The Morgan fingerprint density at radius 2 is 1.11 bits per heavy atom. The molecule has 0 aliphatic carbocycles. The molecule has 0 aromatic heterocycles. The molecule has 6 heteroatoms. The van der Waals surface area contributed by atoms with Gasteiger partial charge in [0.1, 0.15) is 0 Å². The molecule has 0 saturated heterocycles. The van der Waals surface area contributed by atoms with Gasteiger partial charge in [0.05, 0.1) is 0 Å². The molecule has 0 fully saturated rings. The van der Waals surface area contributed by atoms with Crippen LogP contribution in [0.15, 0.2) is 0 Å². The molecule has 0 heterocycles. The standard InChI is InChI=1S/C11H22BrNO.CH2BrNO/c12-10-8-6-4-2-1-3-5-7-9-11(13)14;2-1(3)4/h1-10H2,(H2,13,14);(H2,3,4). The summed E-state index contributed by atoms with van der Waals surface area (Å²) in [5.41, 5.74) is 9.43. The quantitative estimate of drug-likeness (QED) is 0.258. The van der Waals surface area contributed by atoms with E-state index in [4.69, 9.17) is 10.5 Å². The topological polar surface area (TPSA) is 86.2 Å². The molecule has 0 aromatic rings. The van der Waals surface area contributed by atoms with Crippen LogP contribution in [0.1, 0.15) is 57.8 Å². The zero-order chi connectivity index (χ0) is 14.2. The number of carbonyl (C=O) groups excluding carboxylic acids is 2. The minimum absolute atomic E-state index is 0.165. The van der Waals surface area contributed by atoms with Gasteiger partial charge in [0.15, 0.2) is 0 Å². The van der Waals surface area contributed by atoms with Gasteiger partial charge in [-0.05, 0) is 12.8 Å². The molecule has 0 bridgehead atoms. The maximum atomic E-state index is 10.4. The fourth-order valence-electron chi connectivity index (χ4n) is 1.45. The Labute approximate surface area is 126 Å². The molecule has 2 amide bonds. The second-order valence-corrected chi connectivity index (χ2v) is 5.61. The van der Waals surface area contributed by atoms with Gasteiger partial charge in [0.2, 0.25) is 5.91 Å². The summed E-state index contributed by atoms with van der Waals surface area (Å²) in [7, 11) is 0. The highest BCUT2D eigenvalue weighted by molar-refractivity contribution is 9.18. The number of carbonyl (C=O) groups is 2. The molecule has 0 unspecified atom stereocenters. The second kappa shape index (κ2) is 16.9. The van der Waals surface area contributed by atoms with Crippen LogP contribution in [0, 0.1) is 0 Å². The Bertz CT molecular complexity index is 210. The Balaban J connectivity index is 0. The summed E-state index contributed by atoms with van der Waals surface area (Å²) in [4.78, 5) is 19.0. The van der Waals surface area contributed by atoms with Crippen LogP contribution in [0.25, 0.3) is 0 Å². The van der Waals surface area contributed by atoms with E-state index in [0.717, 1.165) is 18.2 Å². The highest BCUT2D eigenvalue weighted by atomic mass is 79.9. The number of hydrogen-bond donors (Lipinski definition) is 2. The molecule has 0 rings (SSSR count). The van der Waals surface area contributed by atoms with Crippen LogP contribution >= 0.6 is 31.9 Å². The lowest BCUT2D eigenvalue weighted by molar-refractivity contribution is -0.118. The van der Waals surface area contributed by atoms with Crippen molar-refractivity contribution in [3.05, 3.63) is 0 Å².